The molecule has 0 saturated carbocycles. The van der Waals surface area contributed by atoms with E-state index in [0.717, 1.165) is 12.8 Å². The summed E-state index contributed by atoms with van der Waals surface area (Å²) in [4.78, 5) is 4.12. The molecule has 0 fully saturated rings. The Balaban J connectivity index is 0.000000284. The number of rotatable bonds is 2. The maximum atomic E-state index is 3.19. The number of hydrogen-bond acceptors (Lipinski definition) is 2. The molecule has 0 unspecified atom stereocenters. The molecule has 0 atom stereocenters. The van der Waals surface area contributed by atoms with Gasteiger partial charge in [0.05, 0.1) is 0 Å². The third kappa shape index (κ3) is 5.80. The number of nitrogens with zero attached hydrogens (tertiary/aromatic N) is 2. The van der Waals surface area contributed by atoms with E-state index in [9.17, 15) is 0 Å². The van der Waals surface area contributed by atoms with E-state index in [1.54, 1.807) is 0 Å². The minimum absolute atomic E-state index is 0. The number of likely N-dealkylation sites (N-methyl/N-ethyl adjacent to an activating group) is 2. The van der Waals surface area contributed by atoms with Crippen LogP contribution in [0, 0.1) is 12.2 Å². The average molecular weight is 275 g/mol. The molecule has 0 heterocycles. The van der Waals surface area contributed by atoms with Crippen LogP contribution in [0.2, 0.25) is 0 Å². The van der Waals surface area contributed by atoms with Crippen molar-refractivity contribution in [2.45, 2.75) is 12.8 Å². The van der Waals surface area contributed by atoms with Crippen LogP contribution in [0.1, 0.15) is 12.8 Å². The maximum absolute atomic E-state index is 3.19. The molecule has 2 aliphatic carbocycles. The molecule has 95 valence electrons. The van der Waals surface area contributed by atoms with Gasteiger partial charge in [0.2, 0.25) is 0 Å². The first-order valence-corrected chi connectivity index (χ1v) is 5.50. The van der Waals surface area contributed by atoms with Crippen molar-refractivity contribution in [3.05, 3.63) is 47.9 Å². The Labute approximate surface area is 116 Å². The predicted molar refractivity (Wildman–Crippen MR) is 68.4 cm³/mol. The number of allylic oxidation sites excluding steroid dienone is 6. The fourth-order valence-electron chi connectivity index (χ4n) is 1.40. The second kappa shape index (κ2) is 8.20. The van der Waals surface area contributed by atoms with E-state index in [2.05, 4.69) is 46.3 Å². The molecule has 0 aromatic rings. The Bertz CT molecular complexity index is 302. The fourth-order valence-corrected chi connectivity index (χ4v) is 1.40. The Morgan fingerprint density at radius 2 is 1.18 bits per heavy atom. The molecule has 3 heteroatoms. The largest absolute Gasteiger partial charge is 2.00 e. The van der Waals surface area contributed by atoms with E-state index in [0.29, 0.717) is 0 Å². The van der Waals surface area contributed by atoms with Crippen molar-refractivity contribution in [1.82, 2.24) is 9.80 Å². The molecule has 0 aromatic carbocycles. The molecule has 0 aromatic heterocycles. The molecular formula is C14H20CoN2. The summed E-state index contributed by atoms with van der Waals surface area (Å²) in [6.45, 7) is 0. The van der Waals surface area contributed by atoms with Crippen LogP contribution in [0.5, 0.6) is 0 Å². The van der Waals surface area contributed by atoms with E-state index in [4.69, 9.17) is 0 Å². The minimum Gasteiger partial charge on any atom is -0.411 e. The molecule has 0 saturated heterocycles. The second-order valence-corrected chi connectivity index (χ2v) is 4.13. The first-order chi connectivity index (χ1) is 7.61. The van der Waals surface area contributed by atoms with Crippen molar-refractivity contribution in [1.29, 1.82) is 0 Å². The van der Waals surface area contributed by atoms with Gasteiger partial charge in [-0.25, -0.2) is 12.2 Å². The van der Waals surface area contributed by atoms with Crippen molar-refractivity contribution in [3.8, 4) is 0 Å². The summed E-state index contributed by atoms with van der Waals surface area (Å²) < 4.78 is 0. The average Bonchev–Trinajstić information content (AvgIpc) is 2.93. The zero-order chi connectivity index (χ0) is 12.0. The number of hydrogen-bond donors (Lipinski definition) is 0. The summed E-state index contributed by atoms with van der Waals surface area (Å²) in [7, 11) is 8.10. The molecular weight excluding hydrogens is 255 g/mol. The molecule has 0 spiro atoms. The van der Waals surface area contributed by atoms with Gasteiger partial charge >= 0.3 is 16.8 Å². The van der Waals surface area contributed by atoms with Crippen LogP contribution >= 0.6 is 0 Å². The van der Waals surface area contributed by atoms with E-state index in [1.165, 1.54) is 11.4 Å². The molecule has 0 amide bonds. The van der Waals surface area contributed by atoms with Gasteiger partial charge in [-0.05, 0) is 0 Å². The van der Waals surface area contributed by atoms with Crippen LogP contribution in [0.15, 0.2) is 35.7 Å². The van der Waals surface area contributed by atoms with Crippen LogP contribution in [0.25, 0.3) is 0 Å². The van der Waals surface area contributed by atoms with Crippen molar-refractivity contribution >= 4 is 0 Å². The minimum atomic E-state index is 0. The van der Waals surface area contributed by atoms with Crippen LogP contribution in [-0.4, -0.2) is 38.0 Å². The SMILES string of the molecule is CN(C)C1=[C-]CC=C1.CN(C)C1=[C-]CC=C1.[Co+2]. The Hall–Kier alpha value is -0.934. The summed E-state index contributed by atoms with van der Waals surface area (Å²) in [6.07, 6.45) is 16.7. The van der Waals surface area contributed by atoms with Crippen molar-refractivity contribution < 1.29 is 16.8 Å². The van der Waals surface area contributed by atoms with Crippen LogP contribution in [0.4, 0.5) is 0 Å². The third-order valence-corrected chi connectivity index (χ3v) is 2.32. The van der Waals surface area contributed by atoms with Crippen LogP contribution in [0.3, 0.4) is 0 Å². The maximum Gasteiger partial charge on any atom is 2.00 e. The van der Waals surface area contributed by atoms with Crippen LogP contribution < -0.4 is 0 Å². The van der Waals surface area contributed by atoms with Gasteiger partial charge in [0.1, 0.15) is 0 Å². The summed E-state index contributed by atoms with van der Waals surface area (Å²) in [6, 6.07) is 0. The molecule has 0 N–H and O–H groups in total. The van der Waals surface area contributed by atoms with E-state index < -0.39 is 0 Å². The standard InChI is InChI=1S/2C7H10N.Co/c2*1-8(2)7-5-3-4-6-7;/h2*3,5H,4H2,1-2H3;/q2*-1;+2. The first kappa shape index (κ1) is 16.1. The van der Waals surface area contributed by atoms with Gasteiger partial charge in [0.15, 0.2) is 0 Å². The molecule has 0 bridgehead atoms. The monoisotopic (exact) mass is 275 g/mol. The van der Waals surface area contributed by atoms with Gasteiger partial charge in [-0.15, -0.1) is 24.2 Å². The zero-order valence-electron chi connectivity index (χ0n) is 11.0. The normalized spacial score (nSPS) is 15.5. The molecule has 2 aliphatic rings. The van der Waals surface area contributed by atoms with Gasteiger partial charge in [-0.2, -0.15) is 24.3 Å². The van der Waals surface area contributed by atoms with Gasteiger partial charge in [-0.3, -0.25) is 0 Å². The molecule has 17 heavy (non-hydrogen) atoms. The van der Waals surface area contributed by atoms with Gasteiger partial charge in [0, 0.05) is 28.2 Å². The van der Waals surface area contributed by atoms with Gasteiger partial charge in [0.25, 0.3) is 0 Å². The van der Waals surface area contributed by atoms with Crippen molar-refractivity contribution in [3.63, 3.8) is 0 Å². The van der Waals surface area contributed by atoms with E-state index in [-0.39, 0.29) is 16.8 Å². The van der Waals surface area contributed by atoms with Crippen LogP contribution in [-0.2, 0) is 16.8 Å². The summed E-state index contributed by atoms with van der Waals surface area (Å²) in [5.41, 5.74) is 2.40. The topological polar surface area (TPSA) is 6.48 Å². The van der Waals surface area contributed by atoms with Crippen molar-refractivity contribution in [2.75, 3.05) is 28.2 Å². The molecule has 1 radical (unpaired) electrons. The summed E-state index contributed by atoms with van der Waals surface area (Å²) >= 11 is 0. The molecule has 2 rings (SSSR count). The van der Waals surface area contributed by atoms with Gasteiger partial charge < -0.3 is 9.80 Å². The molecule has 2 nitrogen and oxygen atoms in total. The quantitative estimate of drug-likeness (QED) is 0.714. The smallest absolute Gasteiger partial charge is 0.411 e. The predicted octanol–water partition coefficient (Wildman–Crippen LogP) is 2.39. The Kier molecular flexibility index (Phi) is 7.75. The van der Waals surface area contributed by atoms with Crippen molar-refractivity contribution in [2.24, 2.45) is 0 Å². The second-order valence-electron chi connectivity index (χ2n) is 4.13. The summed E-state index contributed by atoms with van der Waals surface area (Å²) in [5.74, 6) is 0. The Morgan fingerprint density at radius 1 is 0.824 bits per heavy atom. The van der Waals surface area contributed by atoms with E-state index >= 15 is 0 Å². The zero-order valence-corrected chi connectivity index (χ0v) is 12.0. The third-order valence-electron chi connectivity index (χ3n) is 2.32. The molecule has 0 aliphatic heterocycles. The van der Waals surface area contributed by atoms with Gasteiger partial charge in [-0.1, -0.05) is 0 Å². The fraction of sp³-hybridized carbons (Fsp3) is 0.429. The summed E-state index contributed by atoms with van der Waals surface area (Å²) in [5, 5.41) is 0. The Morgan fingerprint density at radius 3 is 1.29 bits per heavy atom. The van der Waals surface area contributed by atoms with E-state index in [1.807, 2.05) is 28.2 Å². The first-order valence-electron chi connectivity index (χ1n) is 5.50.